The van der Waals surface area contributed by atoms with Gasteiger partial charge in [0.25, 0.3) is 5.91 Å². The smallest absolute Gasteiger partial charge is 0.261 e. The van der Waals surface area contributed by atoms with Crippen molar-refractivity contribution in [2.24, 2.45) is 0 Å². The minimum absolute atomic E-state index is 0.0125. The molecule has 2 aromatic carbocycles. The summed E-state index contributed by atoms with van der Waals surface area (Å²) in [5.41, 5.74) is 2.98. The van der Waals surface area contributed by atoms with Gasteiger partial charge in [-0.1, -0.05) is 31.2 Å². The maximum absolute atomic E-state index is 13.3. The normalized spacial score (nSPS) is 11.7. The molecule has 1 atom stereocenters. The van der Waals surface area contributed by atoms with E-state index in [2.05, 4.69) is 5.32 Å². The molecule has 6 heteroatoms. The molecular formula is C25H34N2O4. The predicted molar refractivity (Wildman–Crippen MR) is 122 cm³/mol. The third-order valence-electron chi connectivity index (χ3n) is 5.21. The standard InChI is InChI=1S/C25H34N2O4/c1-7-22(25(29)26-17(2)3)27(15-20-11-9-12-21(14-20)30-6)24(28)16-31-23-13-8-10-18(4)19(23)5/h8-14,17,22H,7,15-16H2,1-6H3,(H,26,29)/t22-/m0/s1. The molecule has 2 rings (SSSR count). The minimum Gasteiger partial charge on any atom is -0.497 e. The van der Waals surface area contributed by atoms with Gasteiger partial charge in [0.15, 0.2) is 6.61 Å². The SMILES string of the molecule is CC[C@@H](C(=O)NC(C)C)N(Cc1cccc(OC)c1)C(=O)COc1cccc(C)c1C. The fraction of sp³-hybridized carbons (Fsp3) is 0.440. The lowest BCUT2D eigenvalue weighted by molar-refractivity contribution is -0.143. The number of nitrogens with one attached hydrogen (secondary N) is 1. The molecule has 0 unspecified atom stereocenters. The summed E-state index contributed by atoms with van der Waals surface area (Å²) in [6.45, 7) is 9.83. The second-order valence-corrected chi connectivity index (χ2v) is 7.95. The molecule has 0 aliphatic heterocycles. The van der Waals surface area contributed by atoms with Crippen molar-refractivity contribution in [1.29, 1.82) is 0 Å². The van der Waals surface area contributed by atoms with Crippen molar-refractivity contribution in [3.63, 3.8) is 0 Å². The van der Waals surface area contributed by atoms with Crippen LogP contribution in [0.25, 0.3) is 0 Å². The van der Waals surface area contributed by atoms with Crippen molar-refractivity contribution in [3.8, 4) is 11.5 Å². The minimum atomic E-state index is -0.594. The Labute approximate surface area is 185 Å². The van der Waals surface area contributed by atoms with E-state index in [4.69, 9.17) is 9.47 Å². The summed E-state index contributed by atoms with van der Waals surface area (Å²) in [6, 6.07) is 12.7. The van der Waals surface area contributed by atoms with Crippen LogP contribution >= 0.6 is 0 Å². The number of amides is 2. The highest BCUT2D eigenvalue weighted by molar-refractivity contribution is 5.88. The van der Waals surface area contributed by atoms with Crippen LogP contribution in [0.5, 0.6) is 11.5 Å². The van der Waals surface area contributed by atoms with Crippen molar-refractivity contribution in [3.05, 3.63) is 59.2 Å². The highest BCUT2D eigenvalue weighted by atomic mass is 16.5. The number of methoxy groups -OCH3 is 1. The maximum atomic E-state index is 13.3. The molecule has 0 bridgehead atoms. The third kappa shape index (κ3) is 6.74. The Balaban J connectivity index is 2.26. The first kappa shape index (κ1) is 24.3. The first-order chi connectivity index (χ1) is 14.8. The fourth-order valence-corrected chi connectivity index (χ4v) is 3.37. The molecule has 6 nitrogen and oxygen atoms in total. The number of carbonyl (C=O) groups excluding carboxylic acids is 2. The van der Waals surface area contributed by atoms with E-state index in [1.165, 1.54) is 0 Å². The molecule has 2 amide bonds. The van der Waals surface area contributed by atoms with Crippen LogP contribution in [0.3, 0.4) is 0 Å². The Hall–Kier alpha value is -3.02. The van der Waals surface area contributed by atoms with Crippen molar-refractivity contribution in [2.45, 2.75) is 59.7 Å². The van der Waals surface area contributed by atoms with Gasteiger partial charge in [0.1, 0.15) is 17.5 Å². The fourth-order valence-electron chi connectivity index (χ4n) is 3.37. The Morgan fingerprint density at radius 1 is 1.10 bits per heavy atom. The van der Waals surface area contributed by atoms with E-state index in [0.29, 0.717) is 17.9 Å². The Kier molecular flexibility index (Phi) is 8.91. The molecule has 0 aliphatic rings. The van der Waals surface area contributed by atoms with E-state index in [0.717, 1.165) is 16.7 Å². The Morgan fingerprint density at radius 3 is 2.45 bits per heavy atom. The van der Waals surface area contributed by atoms with E-state index in [9.17, 15) is 9.59 Å². The topological polar surface area (TPSA) is 67.9 Å². The molecule has 0 saturated heterocycles. The average Bonchev–Trinajstić information content (AvgIpc) is 2.74. The largest absolute Gasteiger partial charge is 0.497 e. The monoisotopic (exact) mass is 426 g/mol. The van der Waals surface area contributed by atoms with Gasteiger partial charge < -0.3 is 19.7 Å². The zero-order chi connectivity index (χ0) is 23.0. The zero-order valence-electron chi connectivity index (χ0n) is 19.4. The van der Waals surface area contributed by atoms with E-state index in [-0.39, 0.29) is 31.0 Å². The van der Waals surface area contributed by atoms with Crippen LogP contribution in [-0.2, 0) is 16.1 Å². The number of rotatable bonds is 10. The summed E-state index contributed by atoms with van der Waals surface area (Å²) >= 11 is 0. The van der Waals surface area contributed by atoms with Crippen LogP contribution < -0.4 is 14.8 Å². The van der Waals surface area contributed by atoms with Gasteiger partial charge in [0.2, 0.25) is 5.91 Å². The molecule has 0 aliphatic carbocycles. The predicted octanol–water partition coefficient (Wildman–Crippen LogP) is 4.02. The van der Waals surface area contributed by atoms with Crippen LogP contribution in [0.2, 0.25) is 0 Å². The van der Waals surface area contributed by atoms with E-state index >= 15 is 0 Å². The number of hydrogen-bond donors (Lipinski definition) is 1. The zero-order valence-corrected chi connectivity index (χ0v) is 19.4. The van der Waals surface area contributed by atoms with Crippen LogP contribution in [0.1, 0.15) is 43.9 Å². The number of aryl methyl sites for hydroxylation is 1. The quantitative estimate of drug-likeness (QED) is 0.623. The van der Waals surface area contributed by atoms with Crippen LogP contribution in [0, 0.1) is 13.8 Å². The summed E-state index contributed by atoms with van der Waals surface area (Å²) in [7, 11) is 1.60. The summed E-state index contributed by atoms with van der Waals surface area (Å²) in [5, 5.41) is 2.93. The van der Waals surface area contributed by atoms with E-state index < -0.39 is 6.04 Å². The first-order valence-corrected chi connectivity index (χ1v) is 10.7. The van der Waals surface area contributed by atoms with Gasteiger partial charge in [0.05, 0.1) is 7.11 Å². The van der Waals surface area contributed by atoms with Crippen LogP contribution in [0.4, 0.5) is 0 Å². The molecule has 168 valence electrons. The lowest BCUT2D eigenvalue weighted by Crippen LogP contribution is -2.51. The van der Waals surface area contributed by atoms with Gasteiger partial charge in [-0.05, 0) is 69.0 Å². The summed E-state index contributed by atoms with van der Waals surface area (Å²) in [4.78, 5) is 27.7. The number of ether oxygens (including phenoxy) is 2. The third-order valence-corrected chi connectivity index (χ3v) is 5.21. The van der Waals surface area contributed by atoms with Gasteiger partial charge >= 0.3 is 0 Å². The van der Waals surface area contributed by atoms with Crippen LogP contribution in [-0.4, -0.2) is 42.5 Å². The number of nitrogens with zero attached hydrogens (tertiary/aromatic N) is 1. The van der Waals surface area contributed by atoms with Crippen molar-refractivity contribution >= 4 is 11.8 Å². The molecule has 0 radical (unpaired) electrons. The Morgan fingerprint density at radius 2 is 1.81 bits per heavy atom. The van der Waals surface area contributed by atoms with Crippen LogP contribution in [0.15, 0.2) is 42.5 Å². The van der Waals surface area contributed by atoms with Gasteiger partial charge in [-0.15, -0.1) is 0 Å². The van der Waals surface area contributed by atoms with E-state index in [1.807, 2.05) is 77.1 Å². The average molecular weight is 427 g/mol. The molecule has 0 spiro atoms. The number of carbonyl (C=O) groups is 2. The molecule has 31 heavy (non-hydrogen) atoms. The number of benzene rings is 2. The molecule has 0 fully saturated rings. The second-order valence-electron chi connectivity index (χ2n) is 7.95. The highest BCUT2D eigenvalue weighted by Gasteiger charge is 2.29. The van der Waals surface area contributed by atoms with Gasteiger partial charge in [-0.3, -0.25) is 9.59 Å². The lowest BCUT2D eigenvalue weighted by Gasteiger charge is -2.31. The number of hydrogen-bond acceptors (Lipinski definition) is 4. The molecule has 0 saturated carbocycles. The van der Waals surface area contributed by atoms with Gasteiger partial charge in [-0.25, -0.2) is 0 Å². The molecule has 2 aromatic rings. The lowest BCUT2D eigenvalue weighted by atomic mass is 10.1. The van der Waals surface area contributed by atoms with Crippen molar-refractivity contribution < 1.29 is 19.1 Å². The summed E-state index contributed by atoms with van der Waals surface area (Å²) in [6.07, 6.45) is 0.498. The van der Waals surface area contributed by atoms with Crippen molar-refractivity contribution in [2.75, 3.05) is 13.7 Å². The van der Waals surface area contributed by atoms with Crippen molar-refractivity contribution in [1.82, 2.24) is 10.2 Å². The Bertz CT molecular complexity index is 895. The highest BCUT2D eigenvalue weighted by Crippen LogP contribution is 2.22. The molecule has 1 N–H and O–H groups in total. The van der Waals surface area contributed by atoms with Gasteiger partial charge in [0, 0.05) is 12.6 Å². The molecular weight excluding hydrogens is 392 g/mol. The second kappa shape index (κ2) is 11.4. The summed E-state index contributed by atoms with van der Waals surface area (Å²) < 4.78 is 11.2. The maximum Gasteiger partial charge on any atom is 0.261 e. The summed E-state index contributed by atoms with van der Waals surface area (Å²) in [5.74, 6) is 0.973. The van der Waals surface area contributed by atoms with Gasteiger partial charge in [-0.2, -0.15) is 0 Å². The molecule has 0 heterocycles. The van der Waals surface area contributed by atoms with E-state index in [1.54, 1.807) is 12.0 Å². The molecule has 0 aromatic heterocycles. The first-order valence-electron chi connectivity index (χ1n) is 10.7.